The zero-order valence-electron chi connectivity index (χ0n) is 9.91. The lowest BCUT2D eigenvalue weighted by Gasteiger charge is -2.13. The van der Waals surface area contributed by atoms with Crippen LogP contribution >= 0.6 is 0 Å². The SMILES string of the molecule is Cc1cccc(CCN)c1-c1ccccc1F. The molecule has 2 aromatic rings. The molecular weight excluding hydrogens is 213 g/mol. The first-order valence-corrected chi connectivity index (χ1v) is 5.77. The molecule has 0 aliphatic carbocycles. The lowest BCUT2D eigenvalue weighted by Crippen LogP contribution is -2.05. The smallest absolute Gasteiger partial charge is 0.131 e. The van der Waals surface area contributed by atoms with Gasteiger partial charge in [-0.05, 0) is 42.6 Å². The normalized spacial score (nSPS) is 10.5. The first-order chi connectivity index (χ1) is 8.24. The van der Waals surface area contributed by atoms with E-state index in [1.54, 1.807) is 6.07 Å². The van der Waals surface area contributed by atoms with Crippen molar-refractivity contribution in [2.45, 2.75) is 13.3 Å². The summed E-state index contributed by atoms with van der Waals surface area (Å²) in [5.41, 5.74) is 9.44. The summed E-state index contributed by atoms with van der Waals surface area (Å²) in [5, 5.41) is 0. The number of rotatable bonds is 3. The van der Waals surface area contributed by atoms with E-state index in [0.29, 0.717) is 12.1 Å². The van der Waals surface area contributed by atoms with Gasteiger partial charge in [0.2, 0.25) is 0 Å². The summed E-state index contributed by atoms with van der Waals surface area (Å²) in [5.74, 6) is -0.180. The molecule has 2 aromatic carbocycles. The van der Waals surface area contributed by atoms with Gasteiger partial charge in [0.05, 0.1) is 0 Å². The summed E-state index contributed by atoms with van der Waals surface area (Å²) in [4.78, 5) is 0. The molecule has 1 nitrogen and oxygen atoms in total. The van der Waals surface area contributed by atoms with Crippen molar-refractivity contribution in [3.8, 4) is 11.1 Å². The van der Waals surface area contributed by atoms with Crippen molar-refractivity contribution < 1.29 is 4.39 Å². The maximum atomic E-state index is 13.8. The van der Waals surface area contributed by atoms with Crippen LogP contribution in [-0.2, 0) is 6.42 Å². The van der Waals surface area contributed by atoms with Crippen LogP contribution in [0.4, 0.5) is 4.39 Å². The van der Waals surface area contributed by atoms with E-state index >= 15 is 0 Å². The molecule has 88 valence electrons. The molecule has 2 rings (SSSR count). The first-order valence-electron chi connectivity index (χ1n) is 5.77. The average Bonchev–Trinajstić information content (AvgIpc) is 2.31. The molecule has 0 atom stereocenters. The Morgan fingerprint density at radius 3 is 2.53 bits per heavy atom. The maximum Gasteiger partial charge on any atom is 0.131 e. The van der Waals surface area contributed by atoms with Gasteiger partial charge in [-0.1, -0.05) is 36.4 Å². The Balaban J connectivity index is 2.61. The number of nitrogens with two attached hydrogens (primary N) is 1. The molecule has 0 radical (unpaired) electrons. The van der Waals surface area contributed by atoms with Crippen molar-refractivity contribution in [2.24, 2.45) is 5.73 Å². The van der Waals surface area contributed by atoms with Crippen LogP contribution in [0.5, 0.6) is 0 Å². The van der Waals surface area contributed by atoms with Gasteiger partial charge in [-0.2, -0.15) is 0 Å². The number of hydrogen-bond acceptors (Lipinski definition) is 1. The van der Waals surface area contributed by atoms with Gasteiger partial charge >= 0.3 is 0 Å². The van der Waals surface area contributed by atoms with Crippen molar-refractivity contribution in [1.29, 1.82) is 0 Å². The summed E-state index contributed by atoms with van der Waals surface area (Å²) in [6.07, 6.45) is 0.769. The highest BCUT2D eigenvalue weighted by atomic mass is 19.1. The zero-order valence-corrected chi connectivity index (χ0v) is 9.91. The topological polar surface area (TPSA) is 26.0 Å². The summed E-state index contributed by atoms with van der Waals surface area (Å²) < 4.78 is 13.8. The molecule has 0 amide bonds. The number of halogens is 1. The quantitative estimate of drug-likeness (QED) is 0.858. The van der Waals surface area contributed by atoms with E-state index in [4.69, 9.17) is 5.73 Å². The predicted octanol–water partition coefficient (Wildman–Crippen LogP) is 3.30. The Hall–Kier alpha value is -1.67. The summed E-state index contributed by atoms with van der Waals surface area (Å²) >= 11 is 0. The van der Waals surface area contributed by atoms with Crippen molar-refractivity contribution >= 4 is 0 Å². The second-order valence-electron chi connectivity index (χ2n) is 4.13. The van der Waals surface area contributed by atoms with Gasteiger partial charge in [-0.3, -0.25) is 0 Å². The lowest BCUT2D eigenvalue weighted by molar-refractivity contribution is 0.631. The van der Waals surface area contributed by atoms with Crippen LogP contribution in [0.25, 0.3) is 11.1 Å². The van der Waals surface area contributed by atoms with Crippen LogP contribution in [-0.4, -0.2) is 6.54 Å². The molecule has 0 aliphatic rings. The van der Waals surface area contributed by atoms with Gasteiger partial charge in [0.1, 0.15) is 5.82 Å². The minimum atomic E-state index is -0.180. The number of hydrogen-bond donors (Lipinski definition) is 1. The predicted molar refractivity (Wildman–Crippen MR) is 69.3 cm³/mol. The van der Waals surface area contributed by atoms with E-state index in [2.05, 4.69) is 0 Å². The number of aryl methyl sites for hydroxylation is 1. The summed E-state index contributed by atoms with van der Waals surface area (Å²) in [7, 11) is 0. The van der Waals surface area contributed by atoms with Crippen molar-refractivity contribution in [2.75, 3.05) is 6.54 Å². The molecule has 0 bridgehead atoms. The molecule has 0 saturated carbocycles. The fraction of sp³-hybridized carbons (Fsp3) is 0.200. The molecular formula is C15H16FN. The van der Waals surface area contributed by atoms with E-state index in [-0.39, 0.29) is 5.82 Å². The molecule has 0 heterocycles. The molecule has 0 aromatic heterocycles. The van der Waals surface area contributed by atoms with Gasteiger partial charge in [-0.15, -0.1) is 0 Å². The fourth-order valence-corrected chi connectivity index (χ4v) is 2.14. The van der Waals surface area contributed by atoms with Crippen LogP contribution in [0.3, 0.4) is 0 Å². The molecule has 0 saturated heterocycles. The largest absolute Gasteiger partial charge is 0.330 e. The number of benzene rings is 2. The van der Waals surface area contributed by atoms with Gasteiger partial charge in [-0.25, -0.2) is 4.39 Å². The third-order valence-corrected chi connectivity index (χ3v) is 2.92. The van der Waals surface area contributed by atoms with Crippen LogP contribution in [0.1, 0.15) is 11.1 Å². The van der Waals surface area contributed by atoms with Crippen molar-refractivity contribution in [3.63, 3.8) is 0 Å². The second-order valence-corrected chi connectivity index (χ2v) is 4.13. The lowest BCUT2D eigenvalue weighted by atomic mass is 9.93. The van der Waals surface area contributed by atoms with Crippen LogP contribution in [0.15, 0.2) is 42.5 Å². The third-order valence-electron chi connectivity index (χ3n) is 2.92. The standard InChI is InChI=1S/C15H16FN/c1-11-5-4-6-12(9-10-17)15(11)13-7-2-3-8-14(13)16/h2-8H,9-10,17H2,1H3. The Labute approximate surface area is 101 Å². The zero-order chi connectivity index (χ0) is 12.3. The maximum absolute atomic E-state index is 13.8. The first kappa shape index (κ1) is 11.8. The van der Waals surface area contributed by atoms with E-state index in [9.17, 15) is 4.39 Å². The van der Waals surface area contributed by atoms with Crippen molar-refractivity contribution in [3.05, 3.63) is 59.4 Å². The second kappa shape index (κ2) is 5.11. The highest BCUT2D eigenvalue weighted by Gasteiger charge is 2.11. The van der Waals surface area contributed by atoms with Gasteiger partial charge in [0, 0.05) is 5.56 Å². The molecule has 17 heavy (non-hydrogen) atoms. The highest BCUT2D eigenvalue weighted by molar-refractivity contribution is 5.71. The molecule has 2 N–H and O–H groups in total. The van der Waals surface area contributed by atoms with Gasteiger partial charge < -0.3 is 5.73 Å². The molecule has 0 unspecified atom stereocenters. The third kappa shape index (κ3) is 2.37. The Kier molecular flexibility index (Phi) is 3.55. The molecule has 2 heteroatoms. The van der Waals surface area contributed by atoms with Crippen molar-refractivity contribution in [1.82, 2.24) is 0 Å². The highest BCUT2D eigenvalue weighted by Crippen LogP contribution is 2.29. The molecule has 0 aliphatic heterocycles. The minimum Gasteiger partial charge on any atom is -0.330 e. The van der Waals surface area contributed by atoms with E-state index in [1.807, 2.05) is 37.3 Å². The van der Waals surface area contributed by atoms with Crippen LogP contribution in [0.2, 0.25) is 0 Å². The van der Waals surface area contributed by atoms with E-state index < -0.39 is 0 Å². The van der Waals surface area contributed by atoms with E-state index in [0.717, 1.165) is 23.1 Å². The van der Waals surface area contributed by atoms with Gasteiger partial charge in [0.25, 0.3) is 0 Å². The fourth-order valence-electron chi connectivity index (χ4n) is 2.14. The Morgan fingerprint density at radius 1 is 1.06 bits per heavy atom. The Bertz CT molecular complexity index is 520. The Morgan fingerprint density at radius 2 is 1.82 bits per heavy atom. The molecule has 0 fully saturated rings. The van der Waals surface area contributed by atoms with Crippen LogP contribution < -0.4 is 5.73 Å². The monoisotopic (exact) mass is 229 g/mol. The summed E-state index contributed by atoms with van der Waals surface area (Å²) in [6.45, 7) is 2.58. The minimum absolute atomic E-state index is 0.180. The van der Waals surface area contributed by atoms with Crippen LogP contribution in [0, 0.1) is 12.7 Å². The molecule has 0 spiro atoms. The van der Waals surface area contributed by atoms with Gasteiger partial charge in [0.15, 0.2) is 0 Å². The van der Waals surface area contributed by atoms with E-state index in [1.165, 1.54) is 6.07 Å². The average molecular weight is 229 g/mol. The summed E-state index contributed by atoms with van der Waals surface area (Å²) in [6, 6.07) is 12.9.